The highest BCUT2D eigenvalue weighted by Crippen LogP contribution is 2.55. The van der Waals surface area contributed by atoms with Crippen molar-refractivity contribution in [2.24, 2.45) is 0 Å². The molecule has 0 saturated heterocycles. The normalized spacial score (nSPS) is 14.2. The van der Waals surface area contributed by atoms with Crippen LogP contribution in [0.25, 0.3) is 0 Å². The van der Waals surface area contributed by atoms with E-state index < -0.39 is 66.8 Å². The molecule has 0 bridgehead atoms. The van der Waals surface area contributed by atoms with E-state index in [0.717, 1.165) is 0 Å². The molecule has 0 aromatic heterocycles. The van der Waals surface area contributed by atoms with Crippen LogP contribution in [0.15, 0.2) is 48.5 Å². The van der Waals surface area contributed by atoms with Gasteiger partial charge in [0.15, 0.2) is 27.4 Å². The Morgan fingerprint density at radius 3 is 0.774 bits per heavy atom. The molecular formula is C34H41F18INO6S2-. The van der Waals surface area contributed by atoms with Gasteiger partial charge in [0.2, 0.25) is 0 Å². The summed E-state index contributed by atoms with van der Waals surface area (Å²) in [5, 5.41) is -14.2. The first-order valence-corrected chi connectivity index (χ1v) is 21.9. The summed E-state index contributed by atoms with van der Waals surface area (Å²) in [6.45, 7) is 23.7. The number of halogens is 19. The average Bonchev–Trinajstić information content (AvgIpc) is 3.07. The molecule has 0 atom stereocenters. The van der Waals surface area contributed by atoms with E-state index >= 15 is 0 Å². The molecule has 0 aliphatic carbocycles. The summed E-state index contributed by atoms with van der Waals surface area (Å²) >= 11 is -0.0703. The second-order valence-electron chi connectivity index (χ2n) is 14.5. The Hall–Kier alpha value is -2.31. The molecule has 0 amide bonds. The number of nitrogens with zero attached hydrogens (tertiary/aromatic N) is 1. The third-order valence-corrected chi connectivity index (χ3v) is 12.3. The van der Waals surface area contributed by atoms with Gasteiger partial charge in [0, 0.05) is 0 Å². The number of alkyl halides is 18. The van der Waals surface area contributed by atoms with Gasteiger partial charge >= 0.3 is 67.8 Å². The van der Waals surface area contributed by atoms with Gasteiger partial charge in [0.05, 0.1) is 0 Å². The summed E-state index contributed by atoms with van der Waals surface area (Å²) < 4.78 is 274. The Labute approximate surface area is 356 Å². The van der Waals surface area contributed by atoms with Crippen LogP contribution in [0.1, 0.15) is 73.4 Å². The van der Waals surface area contributed by atoms with Gasteiger partial charge in [0.25, 0.3) is 0 Å². The standard InChI is InChI=1S/C20H26I.C6H15N.2C4HF9O3S/c1-19(2,3)15-7-11-17(12-8-15)21-18-13-9-16(10-14-18)20(4,5)6;1-4-7(5-2)6-3;2*5-1(6,3(9,10)11)2(7,8)4(12,13)17(14,15)16/h7-14H,1-6H3;4-6H2,1-3H3;2*(H,14,15,16)/q+1;;;/p-2. The molecule has 0 saturated carbocycles. The van der Waals surface area contributed by atoms with Crippen LogP contribution < -0.4 is 21.2 Å². The lowest BCUT2D eigenvalue weighted by atomic mass is 9.87. The van der Waals surface area contributed by atoms with Gasteiger partial charge in [-0.3, -0.25) is 0 Å². The lowest BCUT2D eigenvalue weighted by Gasteiger charge is -2.34. The highest BCUT2D eigenvalue weighted by atomic mass is 127. The van der Waals surface area contributed by atoms with Crippen molar-refractivity contribution in [1.82, 2.24) is 4.90 Å². The van der Waals surface area contributed by atoms with Crippen molar-refractivity contribution in [3.05, 3.63) is 66.8 Å². The quantitative estimate of drug-likeness (QED) is 0.129. The first-order chi connectivity index (χ1) is 27.0. The fourth-order valence-corrected chi connectivity index (χ4v) is 6.90. The minimum Gasteiger partial charge on any atom is -0.743 e. The van der Waals surface area contributed by atoms with Gasteiger partial charge in [-0.1, -0.05) is 86.6 Å². The van der Waals surface area contributed by atoms with Crippen molar-refractivity contribution in [2.45, 2.75) is 120 Å². The molecule has 0 spiro atoms. The van der Waals surface area contributed by atoms with Gasteiger partial charge in [0.1, 0.15) is 0 Å². The van der Waals surface area contributed by atoms with Gasteiger partial charge in [-0.05, 0) is 65.9 Å². The summed E-state index contributed by atoms with van der Waals surface area (Å²) in [5.74, 6) is -29.6. The van der Waals surface area contributed by atoms with Gasteiger partial charge in [-0.2, -0.15) is 79.0 Å². The number of hydrogen-bond donors (Lipinski definition) is 0. The topological polar surface area (TPSA) is 118 Å². The summed E-state index contributed by atoms with van der Waals surface area (Å²) in [5.41, 5.74) is 3.31. The van der Waals surface area contributed by atoms with E-state index in [1.807, 2.05) is 0 Å². The molecule has 2 aromatic rings. The van der Waals surface area contributed by atoms with Crippen LogP contribution in [-0.4, -0.2) is 97.0 Å². The van der Waals surface area contributed by atoms with E-state index in [4.69, 9.17) is 0 Å². The van der Waals surface area contributed by atoms with Gasteiger partial charge in [-0.15, -0.1) is 0 Å². The van der Waals surface area contributed by atoms with E-state index in [1.165, 1.54) is 37.9 Å². The largest absolute Gasteiger partial charge is 0.743 e. The average molecular weight is 1090 g/mol. The zero-order valence-electron chi connectivity index (χ0n) is 33.6. The second kappa shape index (κ2) is 20.9. The lowest BCUT2D eigenvalue weighted by molar-refractivity contribution is -0.597. The first kappa shape index (κ1) is 61.8. The molecule has 0 unspecified atom stereocenters. The molecular weight excluding hydrogens is 1050 g/mol. The molecule has 28 heteroatoms. The third-order valence-electron chi connectivity index (χ3n) is 7.84. The number of hydrogen-bond acceptors (Lipinski definition) is 7. The van der Waals surface area contributed by atoms with E-state index in [2.05, 4.69) is 116 Å². The van der Waals surface area contributed by atoms with Crippen molar-refractivity contribution in [3.8, 4) is 0 Å². The fourth-order valence-electron chi connectivity index (χ4n) is 3.86. The maximum Gasteiger partial charge on any atom is 0.460 e. The highest BCUT2D eigenvalue weighted by molar-refractivity contribution is 7.87. The zero-order valence-corrected chi connectivity index (χ0v) is 37.4. The SMILES string of the molecule is CC(C)(C)c1ccc([I+]c2ccc(C(C)(C)C)cc2)cc1.CCN(CC)CC.O=S(=O)([O-])C(F)(F)C(F)(F)C(F)(F)C(F)(F)F.O=S(=O)([O-])C(F)(F)C(F)(F)C(F)(F)C(F)(F)F. The van der Waals surface area contributed by atoms with Gasteiger partial charge in [-0.25, -0.2) is 16.8 Å². The Kier molecular flexibility index (Phi) is 20.8. The number of rotatable bonds is 11. The molecule has 0 heterocycles. The molecule has 0 radical (unpaired) electrons. The maximum absolute atomic E-state index is 12.2. The van der Waals surface area contributed by atoms with Crippen LogP contribution in [0.2, 0.25) is 0 Å². The van der Waals surface area contributed by atoms with Crippen molar-refractivity contribution in [2.75, 3.05) is 19.6 Å². The van der Waals surface area contributed by atoms with Crippen LogP contribution in [0, 0.1) is 7.14 Å². The minimum atomic E-state index is -7.43. The molecule has 2 aromatic carbocycles. The van der Waals surface area contributed by atoms with Crippen molar-refractivity contribution in [1.29, 1.82) is 0 Å². The minimum absolute atomic E-state index is 0.0703. The molecule has 364 valence electrons. The third kappa shape index (κ3) is 14.9. The van der Waals surface area contributed by atoms with E-state index in [0.29, 0.717) is 0 Å². The van der Waals surface area contributed by atoms with Crippen molar-refractivity contribution < 1.29 is 126 Å². The Morgan fingerprint density at radius 2 is 0.645 bits per heavy atom. The predicted octanol–water partition coefficient (Wildman–Crippen LogP) is 7.67. The summed E-state index contributed by atoms with van der Waals surface area (Å²) in [6, 6.07) is 18.4. The molecule has 0 aliphatic rings. The van der Waals surface area contributed by atoms with E-state index in [9.17, 15) is 105 Å². The van der Waals surface area contributed by atoms with Crippen molar-refractivity contribution in [3.63, 3.8) is 0 Å². The zero-order chi connectivity index (χ0) is 50.4. The predicted molar refractivity (Wildman–Crippen MR) is 182 cm³/mol. The summed E-state index contributed by atoms with van der Waals surface area (Å²) in [4.78, 5) is 2.38. The molecule has 7 nitrogen and oxygen atoms in total. The maximum atomic E-state index is 12.2. The highest BCUT2D eigenvalue weighted by Gasteiger charge is 2.85. The molecule has 2 rings (SSSR count). The molecule has 0 N–H and O–H groups in total. The Morgan fingerprint density at radius 1 is 0.435 bits per heavy atom. The first-order valence-electron chi connectivity index (χ1n) is 16.9. The summed E-state index contributed by atoms with van der Waals surface area (Å²) in [6.07, 6.45) is -14.3. The molecule has 0 aliphatic heterocycles. The molecule has 0 fully saturated rings. The smallest absolute Gasteiger partial charge is 0.460 e. The lowest BCUT2D eigenvalue weighted by Crippen LogP contribution is -3.61. The van der Waals surface area contributed by atoms with E-state index in [-0.39, 0.29) is 32.0 Å². The Bertz CT molecular complexity index is 1780. The van der Waals surface area contributed by atoms with Crippen LogP contribution in [0.3, 0.4) is 0 Å². The Balaban J connectivity index is 0. The van der Waals surface area contributed by atoms with Crippen LogP contribution in [-0.2, 0) is 31.1 Å². The monoisotopic (exact) mass is 1090 g/mol. The van der Waals surface area contributed by atoms with Crippen LogP contribution in [0.5, 0.6) is 0 Å². The van der Waals surface area contributed by atoms with Crippen molar-refractivity contribution >= 4 is 20.2 Å². The van der Waals surface area contributed by atoms with Crippen LogP contribution >= 0.6 is 0 Å². The summed E-state index contributed by atoms with van der Waals surface area (Å²) in [7, 11) is -14.8. The fraction of sp³-hybridized carbons (Fsp3) is 0.647. The van der Waals surface area contributed by atoms with E-state index in [1.54, 1.807) is 0 Å². The second-order valence-corrected chi connectivity index (χ2v) is 20.3. The number of benzene rings is 2. The van der Waals surface area contributed by atoms with Gasteiger partial charge < -0.3 is 14.0 Å². The van der Waals surface area contributed by atoms with Crippen LogP contribution in [0.4, 0.5) is 79.0 Å². The molecule has 62 heavy (non-hydrogen) atoms.